The minimum Gasteiger partial charge on any atom is -0.313 e. The number of hydrogen-bond acceptors (Lipinski definition) is 2. The minimum atomic E-state index is 0.380. The maximum atomic E-state index is 3.78. The van der Waals surface area contributed by atoms with Crippen LogP contribution in [0.15, 0.2) is 0 Å². The molecule has 0 radical (unpaired) electrons. The zero-order valence-electron chi connectivity index (χ0n) is 11.7. The van der Waals surface area contributed by atoms with Crippen molar-refractivity contribution in [2.24, 2.45) is 11.8 Å². The number of nitrogens with one attached hydrogen (secondary N) is 1. The first-order chi connectivity index (χ1) is 7.44. The molecule has 96 valence electrons. The molecule has 0 aromatic carbocycles. The fraction of sp³-hybridized carbons (Fsp3) is 1.00. The summed E-state index contributed by atoms with van der Waals surface area (Å²) in [5, 5.41) is 3.78. The van der Waals surface area contributed by atoms with Crippen LogP contribution in [0.2, 0.25) is 0 Å². The topological polar surface area (TPSA) is 12.0 Å². The molecule has 0 heterocycles. The second-order valence-electron chi connectivity index (χ2n) is 6.21. The van der Waals surface area contributed by atoms with E-state index >= 15 is 0 Å². The predicted octanol–water partition coefficient (Wildman–Crippen LogP) is 3.93. The lowest BCUT2D eigenvalue weighted by Crippen LogP contribution is -2.41. The van der Waals surface area contributed by atoms with Crippen LogP contribution in [0.5, 0.6) is 0 Å². The molecule has 0 aromatic rings. The van der Waals surface area contributed by atoms with E-state index in [4.69, 9.17) is 0 Å². The van der Waals surface area contributed by atoms with Gasteiger partial charge < -0.3 is 5.32 Å². The standard InChI is InChI=1S/C14H29NS/c1-11(2)12-7-6-8-13(9-12)15-10-14(3,4)16-5/h11-13,15H,6-10H2,1-5H3. The average Bonchev–Trinajstić information content (AvgIpc) is 2.27. The number of hydrogen-bond donors (Lipinski definition) is 1. The normalized spacial score (nSPS) is 27.4. The molecule has 0 aromatic heterocycles. The van der Waals surface area contributed by atoms with Gasteiger partial charge in [0.25, 0.3) is 0 Å². The summed E-state index contributed by atoms with van der Waals surface area (Å²) >= 11 is 1.96. The van der Waals surface area contributed by atoms with E-state index in [-0.39, 0.29) is 0 Å². The largest absolute Gasteiger partial charge is 0.313 e. The Morgan fingerprint density at radius 1 is 1.31 bits per heavy atom. The van der Waals surface area contributed by atoms with E-state index in [1.165, 1.54) is 25.7 Å². The second-order valence-corrected chi connectivity index (χ2v) is 7.73. The van der Waals surface area contributed by atoms with E-state index in [9.17, 15) is 0 Å². The number of thioether (sulfide) groups is 1. The van der Waals surface area contributed by atoms with Crippen molar-refractivity contribution in [2.75, 3.05) is 12.8 Å². The van der Waals surface area contributed by atoms with Crippen molar-refractivity contribution in [1.82, 2.24) is 5.32 Å². The average molecular weight is 243 g/mol. The van der Waals surface area contributed by atoms with Gasteiger partial charge in [0.1, 0.15) is 0 Å². The van der Waals surface area contributed by atoms with Gasteiger partial charge in [0.2, 0.25) is 0 Å². The van der Waals surface area contributed by atoms with Crippen LogP contribution in [0.4, 0.5) is 0 Å². The van der Waals surface area contributed by atoms with E-state index in [1.54, 1.807) is 0 Å². The van der Waals surface area contributed by atoms with Crippen molar-refractivity contribution in [3.05, 3.63) is 0 Å². The van der Waals surface area contributed by atoms with Gasteiger partial charge in [0.15, 0.2) is 0 Å². The first kappa shape index (κ1) is 14.4. The fourth-order valence-corrected chi connectivity index (χ4v) is 2.71. The monoisotopic (exact) mass is 243 g/mol. The molecule has 2 atom stereocenters. The Morgan fingerprint density at radius 2 is 2.00 bits per heavy atom. The SMILES string of the molecule is CSC(C)(C)CNC1CCCC(C(C)C)C1. The molecule has 0 aliphatic heterocycles. The van der Waals surface area contributed by atoms with Gasteiger partial charge in [0, 0.05) is 17.3 Å². The van der Waals surface area contributed by atoms with Crippen molar-refractivity contribution in [3.8, 4) is 0 Å². The van der Waals surface area contributed by atoms with E-state index in [2.05, 4.69) is 39.3 Å². The zero-order chi connectivity index (χ0) is 12.2. The molecule has 1 nitrogen and oxygen atoms in total. The van der Waals surface area contributed by atoms with Crippen molar-refractivity contribution < 1.29 is 0 Å². The summed E-state index contributed by atoms with van der Waals surface area (Å²) in [5.41, 5.74) is 0. The predicted molar refractivity (Wildman–Crippen MR) is 76.2 cm³/mol. The molecule has 1 rings (SSSR count). The van der Waals surface area contributed by atoms with Crippen LogP contribution >= 0.6 is 11.8 Å². The molecule has 16 heavy (non-hydrogen) atoms. The third-order valence-electron chi connectivity index (χ3n) is 4.03. The van der Waals surface area contributed by atoms with Crippen LogP contribution in [-0.4, -0.2) is 23.6 Å². The molecule has 0 saturated heterocycles. The molecular weight excluding hydrogens is 214 g/mol. The van der Waals surface area contributed by atoms with Crippen LogP contribution in [0.25, 0.3) is 0 Å². The van der Waals surface area contributed by atoms with E-state index in [1.807, 2.05) is 11.8 Å². The highest BCUT2D eigenvalue weighted by atomic mass is 32.2. The van der Waals surface area contributed by atoms with Gasteiger partial charge in [-0.05, 0) is 44.8 Å². The summed E-state index contributed by atoms with van der Waals surface area (Å²) in [4.78, 5) is 0. The molecule has 1 aliphatic carbocycles. The molecule has 0 spiro atoms. The molecule has 2 unspecified atom stereocenters. The van der Waals surface area contributed by atoms with E-state index < -0.39 is 0 Å². The summed E-state index contributed by atoms with van der Waals surface area (Å²) in [5.74, 6) is 1.81. The summed E-state index contributed by atoms with van der Waals surface area (Å²) in [6, 6.07) is 0.771. The van der Waals surface area contributed by atoms with Crippen LogP contribution in [0.1, 0.15) is 53.4 Å². The van der Waals surface area contributed by atoms with Gasteiger partial charge in [-0.25, -0.2) is 0 Å². The maximum Gasteiger partial charge on any atom is 0.0225 e. The Labute approximate surface area is 106 Å². The Kier molecular flexibility index (Phi) is 5.66. The van der Waals surface area contributed by atoms with Crippen molar-refractivity contribution in [1.29, 1.82) is 0 Å². The second kappa shape index (κ2) is 6.30. The summed E-state index contributed by atoms with van der Waals surface area (Å²) < 4.78 is 0.380. The molecule has 0 bridgehead atoms. The third kappa shape index (κ3) is 4.67. The lowest BCUT2D eigenvalue weighted by atomic mass is 9.79. The summed E-state index contributed by atoms with van der Waals surface area (Å²) in [6.07, 6.45) is 7.84. The Balaban J connectivity index is 2.32. The first-order valence-electron chi connectivity index (χ1n) is 6.73. The Morgan fingerprint density at radius 3 is 2.56 bits per heavy atom. The first-order valence-corrected chi connectivity index (χ1v) is 7.95. The smallest absolute Gasteiger partial charge is 0.0225 e. The van der Waals surface area contributed by atoms with Crippen LogP contribution < -0.4 is 5.32 Å². The Bertz CT molecular complexity index is 201. The van der Waals surface area contributed by atoms with Crippen LogP contribution in [-0.2, 0) is 0 Å². The third-order valence-corrected chi connectivity index (χ3v) is 5.28. The van der Waals surface area contributed by atoms with Gasteiger partial charge in [-0.1, -0.05) is 26.7 Å². The van der Waals surface area contributed by atoms with Crippen molar-refractivity contribution in [3.63, 3.8) is 0 Å². The molecule has 1 saturated carbocycles. The summed E-state index contributed by atoms with van der Waals surface area (Å²) in [7, 11) is 0. The number of rotatable bonds is 5. The lowest BCUT2D eigenvalue weighted by Gasteiger charge is -2.34. The van der Waals surface area contributed by atoms with Gasteiger partial charge in [-0.2, -0.15) is 11.8 Å². The van der Waals surface area contributed by atoms with E-state index in [0.717, 1.165) is 24.4 Å². The summed E-state index contributed by atoms with van der Waals surface area (Å²) in [6.45, 7) is 10.5. The molecule has 1 aliphatic rings. The van der Waals surface area contributed by atoms with Gasteiger partial charge in [-0.15, -0.1) is 0 Å². The highest BCUT2D eigenvalue weighted by molar-refractivity contribution is 7.99. The zero-order valence-corrected chi connectivity index (χ0v) is 12.5. The maximum absolute atomic E-state index is 3.78. The highest BCUT2D eigenvalue weighted by Gasteiger charge is 2.25. The minimum absolute atomic E-state index is 0.380. The lowest BCUT2D eigenvalue weighted by molar-refractivity contribution is 0.230. The molecular formula is C14H29NS. The van der Waals surface area contributed by atoms with Crippen LogP contribution in [0.3, 0.4) is 0 Å². The van der Waals surface area contributed by atoms with Crippen molar-refractivity contribution >= 4 is 11.8 Å². The quantitative estimate of drug-likeness (QED) is 0.785. The fourth-order valence-electron chi connectivity index (χ4n) is 2.48. The highest BCUT2D eigenvalue weighted by Crippen LogP contribution is 2.30. The van der Waals surface area contributed by atoms with Gasteiger partial charge >= 0.3 is 0 Å². The molecule has 1 N–H and O–H groups in total. The molecule has 1 fully saturated rings. The van der Waals surface area contributed by atoms with E-state index in [0.29, 0.717) is 4.75 Å². The van der Waals surface area contributed by atoms with Gasteiger partial charge in [0.05, 0.1) is 0 Å². The molecule has 2 heteroatoms. The van der Waals surface area contributed by atoms with Crippen molar-refractivity contribution in [2.45, 2.75) is 64.2 Å². The van der Waals surface area contributed by atoms with Gasteiger partial charge in [-0.3, -0.25) is 0 Å². The Hall–Kier alpha value is 0.310. The molecule has 0 amide bonds. The van der Waals surface area contributed by atoms with Crippen LogP contribution in [0, 0.1) is 11.8 Å².